The topological polar surface area (TPSA) is 157 Å². The first kappa shape index (κ1) is 27.5. The van der Waals surface area contributed by atoms with E-state index < -0.39 is 33.6 Å². The average Bonchev–Trinajstić information content (AvgIpc) is 3.47. The van der Waals surface area contributed by atoms with Crippen molar-refractivity contribution >= 4 is 53.6 Å². The number of halogens is 2. The molecular formula is C25H24F2N8O3S2. The first-order valence-corrected chi connectivity index (χ1v) is 14.2. The first-order valence-electron chi connectivity index (χ1n) is 11.9. The monoisotopic (exact) mass is 586 g/mol. The molecule has 3 aromatic heterocycles. The Bertz CT molecular complexity index is 1870. The Balaban J connectivity index is 1.80. The summed E-state index contributed by atoms with van der Waals surface area (Å²) >= 11 is 1.25. The number of aryl methyl sites for hydroxylation is 1. The maximum Gasteiger partial charge on any atom is 0.260 e. The van der Waals surface area contributed by atoms with E-state index in [0.29, 0.717) is 48.8 Å². The molecule has 11 nitrogen and oxygen atoms in total. The van der Waals surface area contributed by atoms with Crippen LogP contribution in [0.25, 0.3) is 32.4 Å². The van der Waals surface area contributed by atoms with Crippen LogP contribution in [0.15, 0.2) is 47.5 Å². The molecule has 0 saturated heterocycles. The molecule has 208 valence electrons. The van der Waals surface area contributed by atoms with Crippen molar-refractivity contribution in [1.29, 1.82) is 0 Å². The molecule has 1 unspecified atom stereocenters. The zero-order valence-electron chi connectivity index (χ0n) is 21.5. The third-order valence-electron chi connectivity index (χ3n) is 6.25. The lowest BCUT2D eigenvalue weighted by Gasteiger charge is -2.21. The average molecular weight is 587 g/mol. The summed E-state index contributed by atoms with van der Waals surface area (Å²) in [6, 6.07) is 9.23. The molecule has 0 aliphatic carbocycles. The number of carbonyl (C=O) groups excluding carboxylic acids is 1. The summed E-state index contributed by atoms with van der Waals surface area (Å²) in [7, 11) is -0.962. The van der Waals surface area contributed by atoms with E-state index in [-0.39, 0.29) is 11.4 Å². The minimum Gasteiger partial charge on any atom is -0.348 e. The molecule has 0 saturated carbocycles. The number of hydrazine groups is 1. The Labute approximate surface area is 231 Å². The van der Waals surface area contributed by atoms with Crippen molar-refractivity contribution in [3.05, 3.63) is 65.4 Å². The molecule has 0 spiro atoms. The van der Waals surface area contributed by atoms with Gasteiger partial charge in [0.05, 0.1) is 22.0 Å². The van der Waals surface area contributed by atoms with Crippen LogP contribution >= 0.6 is 11.3 Å². The number of nitrogens with zero attached hydrogens (tertiary/aromatic N) is 4. The second kappa shape index (κ2) is 10.5. The molecular weight excluding hydrogens is 562 g/mol. The van der Waals surface area contributed by atoms with E-state index in [1.165, 1.54) is 42.1 Å². The SMILES string of the molecule is CNS(=O)(=O)c1nn(C)c2c(-c3cc4sc(NN)nc4nc3C(Cc3cc(F)cc(F)c3)NC(C)=O)cccc12. The molecule has 5 aromatic rings. The smallest absolute Gasteiger partial charge is 0.260 e. The van der Waals surface area contributed by atoms with Crippen molar-refractivity contribution in [2.75, 3.05) is 12.5 Å². The van der Waals surface area contributed by atoms with Gasteiger partial charge in [-0.1, -0.05) is 23.5 Å². The normalized spacial score (nSPS) is 12.7. The van der Waals surface area contributed by atoms with Gasteiger partial charge in [0.25, 0.3) is 10.0 Å². The Morgan fingerprint density at radius 1 is 1.12 bits per heavy atom. The number of hydrogen-bond acceptors (Lipinski definition) is 9. The van der Waals surface area contributed by atoms with Gasteiger partial charge in [0.1, 0.15) is 11.6 Å². The Morgan fingerprint density at radius 2 is 1.85 bits per heavy atom. The predicted octanol–water partition coefficient (Wildman–Crippen LogP) is 3.14. The van der Waals surface area contributed by atoms with Crippen LogP contribution in [-0.4, -0.2) is 41.1 Å². The quantitative estimate of drug-likeness (QED) is 0.160. The predicted molar refractivity (Wildman–Crippen MR) is 148 cm³/mol. The van der Waals surface area contributed by atoms with Crippen LogP contribution in [0.5, 0.6) is 0 Å². The number of sulfonamides is 1. The lowest BCUT2D eigenvalue weighted by molar-refractivity contribution is -0.119. The fourth-order valence-electron chi connectivity index (χ4n) is 4.66. The third kappa shape index (κ3) is 5.11. The fourth-order valence-corrected chi connectivity index (χ4v) is 6.30. The number of benzene rings is 2. The highest BCUT2D eigenvalue weighted by atomic mass is 32.2. The lowest BCUT2D eigenvalue weighted by atomic mass is 9.94. The number of thiazole rings is 1. The van der Waals surface area contributed by atoms with Crippen LogP contribution in [0.2, 0.25) is 0 Å². The molecule has 1 atom stereocenters. The summed E-state index contributed by atoms with van der Waals surface area (Å²) in [5, 5.41) is 7.73. The van der Waals surface area contributed by atoms with Crippen molar-refractivity contribution in [2.45, 2.75) is 24.4 Å². The summed E-state index contributed by atoms with van der Waals surface area (Å²) in [4.78, 5) is 21.5. The molecule has 5 rings (SSSR count). The number of para-hydroxylation sites is 1. The number of carbonyl (C=O) groups is 1. The second-order valence-corrected chi connectivity index (χ2v) is 11.8. The summed E-state index contributed by atoms with van der Waals surface area (Å²) in [5.74, 6) is 3.68. The second-order valence-electron chi connectivity index (χ2n) is 8.98. The number of rotatable bonds is 8. The number of hydrogen-bond donors (Lipinski definition) is 4. The van der Waals surface area contributed by atoms with E-state index in [4.69, 9.17) is 10.8 Å². The van der Waals surface area contributed by atoms with Gasteiger partial charge in [0, 0.05) is 36.6 Å². The Hall–Kier alpha value is -4.05. The number of fused-ring (bicyclic) bond motifs is 2. The van der Waals surface area contributed by atoms with Crippen LogP contribution in [0.4, 0.5) is 13.9 Å². The molecule has 3 heterocycles. The van der Waals surface area contributed by atoms with Gasteiger partial charge in [0.15, 0.2) is 15.8 Å². The minimum atomic E-state index is -3.88. The summed E-state index contributed by atoms with van der Waals surface area (Å²) in [6.07, 6.45) is 0.00659. The van der Waals surface area contributed by atoms with Gasteiger partial charge < -0.3 is 5.32 Å². The zero-order valence-corrected chi connectivity index (χ0v) is 23.1. The first-order chi connectivity index (χ1) is 19.0. The molecule has 0 fully saturated rings. The van der Waals surface area contributed by atoms with Crippen LogP contribution < -0.4 is 21.3 Å². The van der Waals surface area contributed by atoms with Crippen LogP contribution in [0.1, 0.15) is 24.2 Å². The van der Waals surface area contributed by atoms with Gasteiger partial charge in [-0.15, -0.1) is 0 Å². The Morgan fingerprint density at radius 3 is 2.50 bits per heavy atom. The highest BCUT2D eigenvalue weighted by Crippen LogP contribution is 2.39. The van der Waals surface area contributed by atoms with Gasteiger partial charge >= 0.3 is 0 Å². The summed E-state index contributed by atoms with van der Waals surface area (Å²) in [6.45, 7) is 1.33. The number of nitrogens with one attached hydrogen (secondary N) is 3. The largest absolute Gasteiger partial charge is 0.348 e. The number of nitrogen functional groups attached to an aromatic ring is 1. The molecule has 40 heavy (non-hydrogen) atoms. The zero-order chi connectivity index (χ0) is 28.8. The van der Waals surface area contributed by atoms with E-state index >= 15 is 0 Å². The fraction of sp³-hybridized carbons (Fsp3) is 0.200. The number of amides is 1. The Kier molecular flexibility index (Phi) is 7.22. The number of anilines is 1. The highest BCUT2D eigenvalue weighted by Gasteiger charge is 2.27. The van der Waals surface area contributed by atoms with Gasteiger partial charge in [-0.3, -0.25) is 14.9 Å². The maximum absolute atomic E-state index is 14.1. The molecule has 1 amide bonds. The third-order valence-corrected chi connectivity index (χ3v) is 8.52. The van der Waals surface area contributed by atoms with Gasteiger partial charge in [-0.25, -0.2) is 32.7 Å². The van der Waals surface area contributed by atoms with Gasteiger partial charge in [-0.2, -0.15) is 10.1 Å². The molecule has 2 aromatic carbocycles. The van der Waals surface area contributed by atoms with Gasteiger partial charge in [0.2, 0.25) is 5.91 Å². The van der Waals surface area contributed by atoms with Crippen LogP contribution in [0, 0.1) is 11.6 Å². The molecule has 0 aliphatic rings. The highest BCUT2D eigenvalue weighted by molar-refractivity contribution is 7.89. The van der Waals surface area contributed by atoms with Crippen molar-refractivity contribution in [3.8, 4) is 11.1 Å². The van der Waals surface area contributed by atoms with E-state index in [2.05, 4.69) is 25.5 Å². The van der Waals surface area contributed by atoms with E-state index in [9.17, 15) is 22.0 Å². The van der Waals surface area contributed by atoms with Crippen molar-refractivity contribution in [3.63, 3.8) is 0 Å². The van der Waals surface area contributed by atoms with E-state index in [1.54, 1.807) is 25.2 Å². The van der Waals surface area contributed by atoms with E-state index in [1.807, 2.05) is 6.07 Å². The lowest BCUT2D eigenvalue weighted by Crippen LogP contribution is -2.29. The van der Waals surface area contributed by atoms with Crippen molar-refractivity contribution in [1.82, 2.24) is 29.8 Å². The maximum atomic E-state index is 14.1. The van der Waals surface area contributed by atoms with Crippen LogP contribution in [-0.2, 0) is 28.3 Å². The van der Waals surface area contributed by atoms with Crippen molar-refractivity contribution < 1.29 is 22.0 Å². The van der Waals surface area contributed by atoms with Crippen LogP contribution in [0.3, 0.4) is 0 Å². The van der Waals surface area contributed by atoms with Crippen molar-refractivity contribution in [2.24, 2.45) is 12.9 Å². The number of nitrogens with two attached hydrogens (primary N) is 1. The van der Waals surface area contributed by atoms with Gasteiger partial charge in [-0.05, 0) is 43.3 Å². The van der Waals surface area contributed by atoms with E-state index in [0.717, 1.165) is 6.07 Å². The standard InChI is InChI=1S/C25H24F2N8O3S2/c1-12(36)30-19(9-13-7-14(26)10-15(27)8-13)21-18(11-20-23(31-21)32-25(33-28)39-20)16-5-4-6-17-22(16)35(3)34-24(17)40(37,38)29-2/h4-8,10-11,19,29H,9,28H2,1-3H3,(H,30,36)(H,31,32,33). The minimum absolute atomic E-state index is 0.00659. The number of pyridine rings is 1. The summed E-state index contributed by atoms with van der Waals surface area (Å²) < 4.78 is 57.9. The molecule has 0 bridgehead atoms. The molecule has 5 N–H and O–H groups in total. The number of aromatic nitrogens is 4. The molecule has 0 radical (unpaired) electrons. The summed E-state index contributed by atoms with van der Waals surface area (Å²) in [5.41, 5.74) is 5.11. The molecule has 0 aliphatic heterocycles. The molecule has 15 heteroatoms.